The van der Waals surface area contributed by atoms with Gasteiger partial charge in [0.15, 0.2) is 10.3 Å². The normalized spacial score (nSPS) is 18.7. The Morgan fingerprint density at radius 3 is 2.88 bits per heavy atom. The molecule has 0 amide bonds. The third-order valence-electron chi connectivity index (χ3n) is 4.83. The zero-order valence-corrected chi connectivity index (χ0v) is 15.0. The Hall–Kier alpha value is -1.49. The number of benzene rings is 1. The van der Waals surface area contributed by atoms with Crippen molar-refractivity contribution in [2.24, 2.45) is 0 Å². The first-order valence-corrected chi connectivity index (χ1v) is 9.02. The van der Waals surface area contributed by atoms with Crippen molar-refractivity contribution in [2.75, 3.05) is 13.1 Å². The van der Waals surface area contributed by atoms with E-state index in [9.17, 15) is 0 Å². The van der Waals surface area contributed by atoms with Crippen LogP contribution in [-0.4, -0.2) is 33.6 Å². The lowest BCUT2D eigenvalue weighted by molar-refractivity contribution is 0.266. The molecule has 4 nitrogen and oxygen atoms in total. The molecule has 0 saturated carbocycles. The van der Waals surface area contributed by atoms with Crippen molar-refractivity contribution in [3.05, 3.63) is 46.7 Å². The van der Waals surface area contributed by atoms with E-state index >= 15 is 0 Å². The van der Waals surface area contributed by atoms with Gasteiger partial charge in [-0.2, -0.15) is 0 Å². The molecule has 0 N–H and O–H groups in total. The van der Waals surface area contributed by atoms with Crippen LogP contribution in [0.4, 0.5) is 0 Å². The highest BCUT2D eigenvalue weighted by Crippen LogP contribution is 2.28. The van der Waals surface area contributed by atoms with Crippen molar-refractivity contribution in [3.8, 4) is 5.69 Å². The van der Waals surface area contributed by atoms with E-state index < -0.39 is 0 Å². The van der Waals surface area contributed by atoms with Gasteiger partial charge in [-0.25, -0.2) is 4.98 Å². The number of nitrogens with zero attached hydrogens (tertiary/aromatic N) is 3. The van der Waals surface area contributed by atoms with Gasteiger partial charge < -0.3 is 9.32 Å². The lowest BCUT2D eigenvalue weighted by Crippen LogP contribution is -2.28. The van der Waals surface area contributed by atoms with Gasteiger partial charge in [-0.3, -0.25) is 4.57 Å². The second-order valence-corrected chi connectivity index (χ2v) is 7.12. The fourth-order valence-corrected chi connectivity index (χ4v) is 3.75. The number of aromatic nitrogens is 2. The molecule has 0 bridgehead atoms. The van der Waals surface area contributed by atoms with E-state index in [1.54, 1.807) is 10.9 Å². The van der Waals surface area contributed by atoms with Crippen LogP contribution in [0.1, 0.15) is 25.5 Å². The molecule has 1 aromatic carbocycles. The summed E-state index contributed by atoms with van der Waals surface area (Å²) in [5.41, 5.74) is 1.82. The average Bonchev–Trinajstić information content (AvgIpc) is 3.25. The van der Waals surface area contributed by atoms with Gasteiger partial charge in [0.1, 0.15) is 17.7 Å². The summed E-state index contributed by atoms with van der Waals surface area (Å²) in [6.45, 7) is 4.56. The molecular weight excluding hydrogens is 345 g/mol. The van der Waals surface area contributed by atoms with Gasteiger partial charge in [-0.05, 0) is 50.6 Å². The maximum Gasteiger partial charge on any atom is 0.166 e. The van der Waals surface area contributed by atoms with Gasteiger partial charge in [-0.15, -0.1) is 0 Å². The molecule has 24 heavy (non-hydrogen) atoms. The summed E-state index contributed by atoms with van der Waals surface area (Å²) in [5, 5.41) is 1.80. The van der Waals surface area contributed by atoms with Crippen LogP contribution < -0.4 is 0 Å². The Morgan fingerprint density at radius 2 is 2.17 bits per heavy atom. The van der Waals surface area contributed by atoms with E-state index in [0.29, 0.717) is 16.3 Å². The van der Waals surface area contributed by atoms with Crippen LogP contribution in [0.5, 0.6) is 0 Å². The number of furan rings is 1. The lowest BCUT2D eigenvalue weighted by atomic mass is 10.2. The van der Waals surface area contributed by atoms with E-state index in [-0.39, 0.29) is 0 Å². The molecule has 3 heterocycles. The minimum absolute atomic E-state index is 0.310. The van der Waals surface area contributed by atoms with Crippen LogP contribution in [0.2, 0.25) is 10.3 Å². The zero-order valence-electron chi connectivity index (χ0n) is 13.5. The summed E-state index contributed by atoms with van der Waals surface area (Å²) in [6.07, 6.45) is 5.17. The number of imidazole rings is 1. The van der Waals surface area contributed by atoms with Crippen LogP contribution >= 0.6 is 23.2 Å². The van der Waals surface area contributed by atoms with E-state index in [0.717, 1.165) is 35.4 Å². The zero-order chi connectivity index (χ0) is 16.7. The first-order chi connectivity index (χ1) is 11.6. The SMILES string of the molecule is CC1CCCN1CCc1cc2cc(-n3cnc(Cl)c3Cl)ccc2o1. The van der Waals surface area contributed by atoms with E-state index in [1.807, 2.05) is 18.2 Å². The predicted octanol–water partition coefficient (Wildman–Crippen LogP) is 4.95. The van der Waals surface area contributed by atoms with Crippen LogP contribution in [0, 0.1) is 0 Å². The fourth-order valence-electron chi connectivity index (χ4n) is 3.43. The number of hydrogen-bond acceptors (Lipinski definition) is 3. The maximum atomic E-state index is 6.18. The summed E-state index contributed by atoms with van der Waals surface area (Å²) in [4.78, 5) is 6.56. The van der Waals surface area contributed by atoms with Crippen molar-refractivity contribution in [1.82, 2.24) is 14.5 Å². The summed E-state index contributed by atoms with van der Waals surface area (Å²) in [6, 6.07) is 8.78. The summed E-state index contributed by atoms with van der Waals surface area (Å²) in [7, 11) is 0. The molecule has 4 rings (SSSR count). The molecule has 0 aliphatic carbocycles. The third kappa shape index (κ3) is 2.94. The molecule has 1 aliphatic heterocycles. The van der Waals surface area contributed by atoms with Crippen LogP contribution in [0.3, 0.4) is 0 Å². The van der Waals surface area contributed by atoms with Crippen LogP contribution in [-0.2, 0) is 6.42 Å². The molecule has 1 atom stereocenters. The number of likely N-dealkylation sites (tertiary alicyclic amines) is 1. The minimum Gasteiger partial charge on any atom is -0.461 e. The number of halogens is 2. The lowest BCUT2D eigenvalue weighted by Gasteiger charge is -2.19. The summed E-state index contributed by atoms with van der Waals surface area (Å²) < 4.78 is 7.74. The molecular formula is C18H19Cl2N3O. The molecule has 126 valence electrons. The maximum absolute atomic E-state index is 6.18. The number of fused-ring (bicyclic) bond motifs is 1. The Balaban J connectivity index is 1.56. The largest absolute Gasteiger partial charge is 0.461 e. The molecule has 0 radical (unpaired) electrons. The van der Waals surface area contributed by atoms with E-state index in [2.05, 4.69) is 22.9 Å². The summed E-state index contributed by atoms with van der Waals surface area (Å²) >= 11 is 12.1. The first-order valence-electron chi connectivity index (χ1n) is 8.27. The molecule has 0 spiro atoms. The standard InChI is InChI=1S/C18H19Cl2N3O/c1-12-3-2-7-22(12)8-6-15-10-13-9-14(4-5-16(13)24-15)23-11-21-17(19)18(23)20/h4-5,9-12H,2-3,6-8H2,1H3. The van der Waals surface area contributed by atoms with Gasteiger partial charge in [0.05, 0.1) is 0 Å². The van der Waals surface area contributed by atoms with Crippen molar-refractivity contribution in [1.29, 1.82) is 0 Å². The molecule has 3 aromatic rings. The molecule has 6 heteroatoms. The van der Waals surface area contributed by atoms with Gasteiger partial charge in [0, 0.05) is 30.1 Å². The Bertz CT molecular complexity index is 870. The second-order valence-electron chi connectivity index (χ2n) is 6.41. The topological polar surface area (TPSA) is 34.2 Å². The molecule has 1 unspecified atom stereocenters. The monoisotopic (exact) mass is 363 g/mol. The number of hydrogen-bond donors (Lipinski definition) is 0. The molecule has 1 aliphatic rings. The minimum atomic E-state index is 0.310. The highest BCUT2D eigenvalue weighted by molar-refractivity contribution is 6.40. The quantitative estimate of drug-likeness (QED) is 0.657. The third-order valence-corrected chi connectivity index (χ3v) is 5.57. The van der Waals surface area contributed by atoms with Crippen molar-refractivity contribution in [3.63, 3.8) is 0 Å². The highest BCUT2D eigenvalue weighted by atomic mass is 35.5. The van der Waals surface area contributed by atoms with Crippen LogP contribution in [0.15, 0.2) is 35.0 Å². The van der Waals surface area contributed by atoms with Crippen molar-refractivity contribution in [2.45, 2.75) is 32.2 Å². The van der Waals surface area contributed by atoms with Crippen LogP contribution in [0.25, 0.3) is 16.7 Å². The molecule has 1 fully saturated rings. The van der Waals surface area contributed by atoms with Crippen molar-refractivity contribution >= 4 is 34.2 Å². The highest BCUT2D eigenvalue weighted by Gasteiger charge is 2.20. The summed E-state index contributed by atoms with van der Waals surface area (Å²) in [5.74, 6) is 1.02. The van der Waals surface area contributed by atoms with Gasteiger partial charge in [0.25, 0.3) is 0 Å². The van der Waals surface area contributed by atoms with Gasteiger partial charge in [-0.1, -0.05) is 23.2 Å². The Morgan fingerprint density at radius 1 is 1.29 bits per heavy atom. The Kier molecular flexibility index (Phi) is 4.29. The van der Waals surface area contributed by atoms with E-state index in [1.165, 1.54) is 19.4 Å². The van der Waals surface area contributed by atoms with Gasteiger partial charge >= 0.3 is 0 Å². The first kappa shape index (κ1) is 16.0. The number of rotatable bonds is 4. The average molecular weight is 364 g/mol. The fraction of sp³-hybridized carbons (Fsp3) is 0.389. The van der Waals surface area contributed by atoms with E-state index in [4.69, 9.17) is 27.6 Å². The molecule has 2 aromatic heterocycles. The van der Waals surface area contributed by atoms with Gasteiger partial charge in [0.2, 0.25) is 0 Å². The molecule has 1 saturated heterocycles. The Labute approximate surface area is 151 Å². The van der Waals surface area contributed by atoms with Crippen molar-refractivity contribution < 1.29 is 4.42 Å². The smallest absolute Gasteiger partial charge is 0.166 e. The predicted molar refractivity (Wildman–Crippen MR) is 97.3 cm³/mol. The second kappa shape index (κ2) is 6.43.